The van der Waals surface area contributed by atoms with Gasteiger partial charge in [0.2, 0.25) is 65.0 Å². The fourth-order valence-corrected chi connectivity index (χ4v) is 9.75. The fraction of sp³-hybridized carbons (Fsp3) is 0.661. The number of carboxylic acids is 1. The molecule has 0 unspecified atom stereocenters. The minimum absolute atomic E-state index is 0.0235. The van der Waals surface area contributed by atoms with Gasteiger partial charge in [0.05, 0.1) is 37.9 Å². The summed E-state index contributed by atoms with van der Waals surface area (Å²) in [7, 11) is 0. The Hall–Kier alpha value is -7.76. The van der Waals surface area contributed by atoms with Gasteiger partial charge in [-0.05, 0) is 80.8 Å². The van der Waals surface area contributed by atoms with Gasteiger partial charge < -0.3 is 89.2 Å². The van der Waals surface area contributed by atoms with Crippen LogP contribution in [0.2, 0.25) is 0 Å². The van der Waals surface area contributed by atoms with Crippen molar-refractivity contribution in [2.75, 3.05) is 26.2 Å². The Morgan fingerprint density at radius 2 is 1.08 bits per heavy atom. The number of benzene rings is 1. The third-order valence-corrected chi connectivity index (χ3v) is 15.1. The summed E-state index contributed by atoms with van der Waals surface area (Å²) in [5, 5.41) is 66.5. The van der Waals surface area contributed by atoms with Crippen molar-refractivity contribution in [3.05, 3.63) is 36.0 Å². The van der Waals surface area contributed by atoms with Crippen molar-refractivity contribution in [1.82, 2.24) is 63.1 Å². The van der Waals surface area contributed by atoms with Crippen LogP contribution in [0, 0.1) is 29.6 Å². The van der Waals surface area contributed by atoms with Gasteiger partial charge in [0, 0.05) is 30.1 Å². The highest BCUT2D eigenvalue weighted by Gasteiger charge is 2.39. The smallest absolute Gasteiger partial charge is 0.326 e. The van der Waals surface area contributed by atoms with Gasteiger partial charge in [-0.15, -0.1) is 0 Å². The average molecular weight is 1240 g/mol. The number of aliphatic hydroxyl groups is 3. The topological polar surface area (TPSA) is 451 Å². The van der Waals surface area contributed by atoms with E-state index in [0.717, 1.165) is 16.5 Å². The molecule has 11 amide bonds. The molecule has 2 aromatic rings. The lowest BCUT2D eigenvalue weighted by Gasteiger charge is -2.30. The number of carbonyl (C=O) groups is 12. The molecule has 1 aliphatic heterocycles. The summed E-state index contributed by atoms with van der Waals surface area (Å²) in [4.78, 5) is 166. The molecule has 29 heteroatoms. The third-order valence-electron chi connectivity index (χ3n) is 15.1. The number of aliphatic carboxylic acids is 1. The number of aliphatic hydroxyl groups excluding tert-OH is 3. The molecule has 2 heterocycles. The van der Waals surface area contributed by atoms with E-state index in [1.807, 2.05) is 38.1 Å². The van der Waals surface area contributed by atoms with E-state index in [-0.39, 0.29) is 50.0 Å². The molecular formula is C59H95N13O16. The third kappa shape index (κ3) is 22.4. The number of likely N-dealkylation sites (tertiary alicyclic amines) is 1. The first kappa shape index (κ1) is 74.5. The molecule has 29 nitrogen and oxygen atoms in total. The molecule has 3 rings (SSSR count). The molecule has 1 aliphatic rings. The predicted octanol–water partition coefficient (Wildman–Crippen LogP) is -2.57. The average Bonchev–Trinajstić information content (AvgIpc) is 4.32. The van der Waals surface area contributed by atoms with Crippen LogP contribution in [0.1, 0.15) is 121 Å². The van der Waals surface area contributed by atoms with Crippen LogP contribution in [0.5, 0.6) is 0 Å². The molecule has 1 aromatic heterocycles. The van der Waals surface area contributed by atoms with Crippen LogP contribution >= 0.6 is 0 Å². The molecule has 492 valence electrons. The number of para-hydroxylation sites is 1. The van der Waals surface area contributed by atoms with Crippen LogP contribution in [0.15, 0.2) is 30.5 Å². The summed E-state index contributed by atoms with van der Waals surface area (Å²) >= 11 is 0. The zero-order valence-corrected chi connectivity index (χ0v) is 52.5. The maximum atomic E-state index is 14.0. The highest BCUT2D eigenvalue weighted by molar-refractivity contribution is 5.99. The van der Waals surface area contributed by atoms with E-state index in [0.29, 0.717) is 12.8 Å². The Bertz CT molecular complexity index is 2750. The Morgan fingerprint density at radius 3 is 1.64 bits per heavy atom. The second-order valence-corrected chi connectivity index (χ2v) is 24.2. The number of fused-ring (bicyclic) bond motifs is 1. The lowest BCUT2D eigenvalue weighted by molar-refractivity contribution is -0.143. The zero-order chi connectivity index (χ0) is 66.4. The van der Waals surface area contributed by atoms with Gasteiger partial charge in [0.25, 0.3) is 0 Å². The number of nitrogens with two attached hydrogens (primary N) is 1. The highest BCUT2D eigenvalue weighted by Crippen LogP contribution is 2.21. The van der Waals surface area contributed by atoms with E-state index < -0.39 is 175 Å². The van der Waals surface area contributed by atoms with E-state index >= 15 is 0 Å². The monoisotopic (exact) mass is 1240 g/mol. The molecule has 13 atom stereocenters. The van der Waals surface area contributed by atoms with E-state index in [2.05, 4.69) is 58.2 Å². The van der Waals surface area contributed by atoms with E-state index in [1.165, 1.54) is 32.6 Å². The maximum Gasteiger partial charge on any atom is 0.326 e. The summed E-state index contributed by atoms with van der Waals surface area (Å²) in [5.41, 5.74) is 7.76. The quantitative estimate of drug-likeness (QED) is 0.0337. The van der Waals surface area contributed by atoms with Gasteiger partial charge in [0.15, 0.2) is 0 Å². The first-order chi connectivity index (χ1) is 41.2. The molecule has 1 fully saturated rings. The number of hydrogen-bond acceptors (Lipinski definition) is 16. The van der Waals surface area contributed by atoms with E-state index in [4.69, 9.17) is 5.73 Å². The van der Waals surface area contributed by atoms with Crippen LogP contribution in [0.3, 0.4) is 0 Å². The SMILES string of the molecule is CC[C@H](C)[C@H](N)C(=O)N[C@@H](Cc1c[nH]c2ccccc12)C(=O)NCC(=O)N1CCC[C@H]1C(=O)NCC(=O)N[C@H](C(=O)N[C@@H](CC(C)C)C(=O)N[C@H](C(=O)N[C@H](C(=O)N[C@H](C(=O)N[C@@H](CO)C(=O)N[C@@H](CC(C)C)C(=O)O)C(C)C)[C@@H](C)O)C(C)C)[C@@H](C)O. The lowest BCUT2D eigenvalue weighted by atomic mass is 9.98. The number of rotatable bonds is 35. The number of nitrogens with one attached hydrogen (secondary N) is 11. The van der Waals surface area contributed by atoms with Gasteiger partial charge in [-0.3, -0.25) is 52.7 Å². The van der Waals surface area contributed by atoms with E-state index in [9.17, 15) is 78.0 Å². The first-order valence-electron chi connectivity index (χ1n) is 30.0. The lowest BCUT2D eigenvalue weighted by Crippen LogP contribution is -2.63. The molecule has 17 N–H and O–H groups in total. The van der Waals surface area contributed by atoms with Crippen molar-refractivity contribution < 1.29 is 78.0 Å². The minimum atomic E-state index is -1.74. The van der Waals surface area contributed by atoms with Crippen LogP contribution < -0.4 is 58.9 Å². The number of hydrogen-bond donors (Lipinski definition) is 16. The Kier molecular flexibility index (Phi) is 29.9. The van der Waals surface area contributed by atoms with Crippen LogP contribution in [-0.4, -0.2) is 200 Å². The van der Waals surface area contributed by atoms with Crippen molar-refractivity contribution in [1.29, 1.82) is 0 Å². The van der Waals surface area contributed by atoms with Gasteiger partial charge >= 0.3 is 5.97 Å². The minimum Gasteiger partial charge on any atom is -0.480 e. The second-order valence-electron chi connectivity index (χ2n) is 24.2. The molecule has 0 bridgehead atoms. The molecule has 1 aromatic carbocycles. The molecular weight excluding hydrogens is 1150 g/mol. The number of aromatic nitrogens is 1. The molecule has 0 radical (unpaired) electrons. The van der Waals surface area contributed by atoms with Crippen molar-refractivity contribution in [2.24, 2.45) is 35.3 Å². The number of carbonyl (C=O) groups excluding carboxylic acids is 11. The molecule has 1 saturated heterocycles. The summed E-state index contributed by atoms with van der Waals surface area (Å²) in [5.74, 6) is -12.6. The van der Waals surface area contributed by atoms with Gasteiger partial charge in [0.1, 0.15) is 54.4 Å². The van der Waals surface area contributed by atoms with Gasteiger partial charge in [-0.2, -0.15) is 0 Å². The van der Waals surface area contributed by atoms with Crippen molar-refractivity contribution in [2.45, 2.75) is 194 Å². The number of H-pyrrole nitrogens is 1. The number of carboxylic acid groups (broad SMARTS) is 1. The zero-order valence-electron chi connectivity index (χ0n) is 52.5. The highest BCUT2D eigenvalue weighted by atomic mass is 16.4. The van der Waals surface area contributed by atoms with Crippen molar-refractivity contribution in [3.63, 3.8) is 0 Å². The van der Waals surface area contributed by atoms with Crippen molar-refractivity contribution in [3.8, 4) is 0 Å². The summed E-state index contributed by atoms with van der Waals surface area (Å²) < 4.78 is 0. The van der Waals surface area contributed by atoms with Gasteiger partial charge in [-0.1, -0.05) is 93.9 Å². The standard InChI is InChI=1S/C59H95N13O16/c1-13-32(10)45(60)54(82)64-39(23-35-24-61-37-18-15-14-17-36(35)37)50(78)63-26-44(77)72-20-16-19-42(72)53(81)62-25-43(76)68-48(33(11)74)57(85)65-38(21-28(2)3)51(79)69-47(31(8)9)56(84)71-49(34(12)75)58(86)70-46(30(6)7)55(83)67-41(27-73)52(80)66-40(59(87)88)22-29(4)5/h14-15,17-18,24,28-34,38-42,45-49,61,73-75H,13,16,19-23,25-27,60H2,1-12H3,(H,62,81)(H,63,78)(H,64,82)(H,65,85)(H,66,80)(H,67,83)(H,68,76)(H,69,79)(H,70,86)(H,71,84)(H,87,88)/t32-,33+,34+,38-,39-,40-,41-,42-,45-,46-,47-,48-,49-/m0/s1. The van der Waals surface area contributed by atoms with Crippen molar-refractivity contribution >= 4 is 81.9 Å². The van der Waals surface area contributed by atoms with Crippen LogP contribution in [0.25, 0.3) is 10.9 Å². The Balaban J connectivity index is 1.66. The molecule has 0 aliphatic carbocycles. The molecule has 0 spiro atoms. The Morgan fingerprint density at radius 1 is 0.591 bits per heavy atom. The summed E-state index contributed by atoms with van der Waals surface area (Å²) in [6.45, 7) is 17.2. The van der Waals surface area contributed by atoms with Gasteiger partial charge in [-0.25, -0.2) is 4.79 Å². The fourth-order valence-electron chi connectivity index (χ4n) is 9.75. The maximum absolute atomic E-state index is 14.0. The van der Waals surface area contributed by atoms with E-state index in [1.54, 1.807) is 47.7 Å². The number of aromatic amines is 1. The summed E-state index contributed by atoms with van der Waals surface area (Å²) in [6.07, 6.45) is -0.0923. The molecule has 0 saturated carbocycles. The second kappa shape index (κ2) is 35.3. The first-order valence-corrected chi connectivity index (χ1v) is 30.0. The van der Waals surface area contributed by atoms with Crippen LogP contribution in [-0.2, 0) is 64.0 Å². The predicted molar refractivity (Wildman–Crippen MR) is 322 cm³/mol. The summed E-state index contributed by atoms with van der Waals surface area (Å²) in [6, 6.07) is -6.25. The largest absolute Gasteiger partial charge is 0.480 e. The number of amides is 11. The number of nitrogens with zero attached hydrogens (tertiary/aromatic N) is 1. The van der Waals surface area contributed by atoms with Crippen LogP contribution in [0.4, 0.5) is 0 Å². The normalized spacial score (nSPS) is 17.4. The molecule has 88 heavy (non-hydrogen) atoms. The Labute approximate surface area is 513 Å².